The SMILES string of the molecule is O=C(c1ccncn1)N1CCCC(CCc2noc(-c3ccccn3)n2)C1. The molecule has 4 heterocycles. The van der Waals surface area contributed by atoms with E-state index in [9.17, 15) is 4.79 Å². The van der Waals surface area contributed by atoms with E-state index < -0.39 is 0 Å². The lowest BCUT2D eigenvalue weighted by molar-refractivity contribution is 0.0662. The Bertz CT molecular complexity index is 883. The molecule has 0 spiro atoms. The largest absolute Gasteiger partial charge is 0.337 e. The fourth-order valence-corrected chi connectivity index (χ4v) is 3.35. The lowest BCUT2D eigenvalue weighted by Gasteiger charge is -2.32. The minimum Gasteiger partial charge on any atom is -0.337 e. The number of aryl methyl sites for hydroxylation is 1. The van der Waals surface area contributed by atoms with Gasteiger partial charge in [-0.2, -0.15) is 4.98 Å². The van der Waals surface area contributed by atoms with Crippen LogP contribution in [0, 0.1) is 5.92 Å². The third-order valence-corrected chi connectivity index (χ3v) is 4.74. The summed E-state index contributed by atoms with van der Waals surface area (Å²) in [7, 11) is 0. The van der Waals surface area contributed by atoms with E-state index in [1.54, 1.807) is 18.5 Å². The highest BCUT2D eigenvalue weighted by Crippen LogP contribution is 2.23. The highest BCUT2D eigenvalue weighted by Gasteiger charge is 2.25. The Balaban J connectivity index is 1.34. The number of pyridine rings is 1. The van der Waals surface area contributed by atoms with Crippen LogP contribution >= 0.6 is 0 Å². The fourth-order valence-electron chi connectivity index (χ4n) is 3.35. The molecule has 1 unspecified atom stereocenters. The first-order valence-electron chi connectivity index (χ1n) is 9.09. The van der Waals surface area contributed by atoms with Crippen LogP contribution in [0.5, 0.6) is 0 Å². The number of hydrogen-bond donors (Lipinski definition) is 0. The summed E-state index contributed by atoms with van der Waals surface area (Å²) >= 11 is 0. The zero-order chi connectivity index (χ0) is 18.5. The Morgan fingerprint density at radius 1 is 1.22 bits per heavy atom. The van der Waals surface area contributed by atoms with E-state index in [0.29, 0.717) is 29.0 Å². The van der Waals surface area contributed by atoms with Crippen LogP contribution in [-0.2, 0) is 6.42 Å². The highest BCUT2D eigenvalue weighted by atomic mass is 16.5. The summed E-state index contributed by atoms with van der Waals surface area (Å²) in [5.41, 5.74) is 1.12. The number of carbonyl (C=O) groups excluding carboxylic acids is 1. The van der Waals surface area contributed by atoms with E-state index >= 15 is 0 Å². The molecule has 3 aromatic rings. The summed E-state index contributed by atoms with van der Waals surface area (Å²) in [6.07, 6.45) is 8.42. The molecule has 0 radical (unpaired) electrons. The van der Waals surface area contributed by atoms with Crippen molar-refractivity contribution >= 4 is 5.91 Å². The van der Waals surface area contributed by atoms with E-state index in [1.807, 2.05) is 23.1 Å². The van der Waals surface area contributed by atoms with Gasteiger partial charge in [-0.25, -0.2) is 9.97 Å². The smallest absolute Gasteiger partial charge is 0.276 e. The number of hydrogen-bond acceptors (Lipinski definition) is 7. The number of carbonyl (C=O) groups is 1. The van der Waals surface area contributed by atoms with Crippen molar-refractivity contribution in [2.75, 3.05) is 13.1 Å². The van der Waals surface area contributed by atoms with Crippen molar-refractivity contribution in [2.45, 2.75) is 25.7 Å². The Kier molecular flexibility index (Phi) is 5.13. The molecule has 1 fully saturated rings. The van der Waals surface area contributed by atoms with E-state index in [4.69, 9.17) is 4.52 Å². The van der Waals surface area contributed by atoms with Gasteiger partial charge in [0.2, 0.25) is 0 Å². The van der Waals surface area contributed by atoms with Crippen molar-refractivity contribution in [2.24, 2.45) is 5.92 Å². The maximum absolute atomic E-state index is 12.6. The molecule has 1 aliphatic heterocycles. The molecular formula is C19H20N6O2. The van der Waals surface area contributed by atoms with Crippen LogP contribution in [0.1, 0.15) is 35.6 Å². The van der Waals surface area contributed by atoms with E-state index in [-0.39, 0.29) is 5.91 Å². The average Bonchev–Trinajstić information content (AvgIpc) is 3.22. The highest BCUT2D eigenvalue weighted by molar-refractivity contribution is 5.92. The van der Waals surface area contributed by atoms with Crippen molar-refractivity contribution in [3.05, 3.63) is 54.5 Å². The molecule has 1 aliphatic rings. The molecular weight excluding hydrogens is 344 g/mol. The molecule has 8 heteroatoms. The average molecular weight is 364 g/mol. The minimum absolute atomic E-state index is 0.0286. The molecule has 1 atom stereocenters. The van der Waals surface area contributed by atoms with Gasteiger partial charge in [0.15, 0.2) is 5.82 Å². The van der Waals surface area contributed by atoms with Crippen LogP contribution in [-0.4, -0.2) is 49.0 Å². The summed E-state index contributed by atoms with van der Waals surface area (Å²) in [4.78, 5) is 31.0. The molecule has 8 nitrogen and oxygen atoms in total. The van der Waals surface area contributed by atoms with Crippen molar-refractivity contribution < 1.29 is 9.32 Å². The summed E-state index contributed by atoms with van der Waals surface area (Å²) in [5.74, 6) is 1.50. The van der Waals surface area contributed by atoms with Crippen LogP contribution in [0.3, 0.4) is 0 Å². The summed E-state index contributed by atoms with van der Waals surface area (Å²) in [6, 6.07) is 7.23. The lowest BCUT2D eigenvalue weighted by atomic mass is 9.93. The predicted octanol–water partition coefficient (Wildman–Crippen LogP) is 2.41. The van der Waals surface area contributed by atoms with Gasteiger partial charge in [-0.05, 0) is 43.4 Å². The molecule has 0 bridgehead atoms. The number of rotatable bonds is 5. The Hall–Kier alpha value is -3.16. The number of amides is 1. The van der Waals surface area contributed by atoms with Crippen LogP contribution in [0.25, 0.3) is 11.6 Å². The van der Waals surface area contributed by atoms with Crippen molar-refractivity contribution in [3.63, 3.8) is 0 Å². The molecule has 138 valence electrons. The third-order valence-electron chi connectivity index (χ3n) is 4.74. The standard InChI is InChI=1S/C19H20N6O2/c26-19(16-8-10-20-13-22-16)25-11-3-4-14(12-25)6-7-17-23-18(27-24-17)15-5-1-2-9-21-15/h1-2,5,8-10,13-14H,3-4,6-7,11-12H2. The number of piperidine rings is 1. The van der Waals surface area contributed by atoms with Gasteiger partial charge in [0.25, 0.3) is 11.8 Å². The Morgan fingerprint density at radius 2 is 2.19 bits per heavy atom. The maximum Gasteiger partial charge on any atom is 0.276 e. The van der Waals surface area contributed by atoms with Crippen LogP contribution < -0.4 is 0 Å². The van der Waals surface area contributed by atoms with Gasteiger partial charge in [0.1, 0.15) is 17.7 Å². The number of aromatic nitrogens is 5. The zero-order valence-electron chi connectivity index (χ0n) is 14.9. The monoisotopic (exact) mass is 364 g/mol. The molecule has 0 aliphatic carbocycles. The third kappa shape index (κ3) is 4.16. The second-order valence-electron chi connectivity index (χ2n) is 6.62. The van der Waals surface area contributed by atoms with Crippen LogP contribution in [0.15, 0.2) is 47.5 Å². The normalized spacial score (nSPS) is 17.0. The Labute approximate surface area is 156 Å². The van der Waals surface area contributed by atoms with Gasteiger partial charge >= 0.3 is 0 Å². The molecule has 0 saturated carbocycles. The Morgan fingerprint density at radius 3 is 3.00 bits per heavy atom. The summed E-state index contributed by atoms with van der Waals surface area (Å²) in [6.45, 7) is 1.50. The second-order valence-corrected chi connectivity index (χ2v) is 6.62. The van der Waals surface area contributed by atoms with E-state index in [2.05, 4.69) is 25.1 Å². The van der Waals surface area contributed by atoms with Crippen LogP contribution in [0.4, 0.5) is 0 Å². The van der Waals surface area contributed by atoms with Gasteiger partial charge in [0, 0.05) is 31.9 Å². The van der Waals surface area contributed by atoms with Crippen molar-refractivity contribution in [3.8, 4) is 11.6 Å². The van der Waals surface area contributed by atoms with Crippen molar-refractivity contribution in [1.82, 2.24) is 30.0 Å². The summed E-state index contributed by atoms with van der Waals surface area (Å²) < 4.78 is 5.31. The second kappa shape index (κ2) is 8.03. The lowest BCUT2D eigenvalue weighted by Crippen LogP contribution is -2.40. The number of nitrogens with zero attached hydrogens (tertiary/aromatic N) is 6. The van der Waals surface area contributed by atoms with Gasteiger partial charge in [-0.1, -0.05) is 11.2 Å². The quantitative estimate of drug-likeness (QED) is 0.685. The zero-order valence-corrected chi connectivity index (χ0v) is 14.9. The van der Waals surface area contributed by atoms with Gasteiger partial charge < -0.3 is 9.42 Å². The molecule has 1 amide bonds. The van der Waals surface area contributed by atoms with E-state index in [1.165, 1.54) is 6.33 Å². The van der Waals surface area contributed by atoms with Gasteiger partial charge in [-0.15, -0.1) is 0 Å². The van der Waals surface area contributed by atoms with Crippen molar-refractivity contribution in [1.29, 1.82) is 0 Å². The fraction of sp³-hybridized carbons (Fsp3) is 0.368. The molecule has 1 saturated heterocycles. The minimum atomic E-state index is -0.0286. The first-order chi connectivity index (χ1) is 13.3. The molecule has 27 heavy (non-hydrogen) atoms. The van der Waals surface area contributed by atoms with Gasteiger partial charge in [-0.3, -0.25) is 9.78 Å². The topological polar surface area (TPSA) is 97.9 Å². The maximum atomic E-state index is 12.6. The van der Waals surface area contributed by atoms with E-state index in [0.717, 1.165) is 38.8 Å². The first-order valence-corrected chi connectivity index (χ1v) is 9.09. The molecule has 0 aromatic carbocycles. The number of likely N-dealkylation sites (tertiary alicyclic amines) is 1. The molecule has 0 N–H and O–H groups in total. The van der Waals surface area contributed by atoms with Gasteiger partial charge in [0.05, 0.1) is 0 Å². The molecule has 3 aromatic heterocycles. The molecule has 4 rings (SSSR count). The first kappa shape index (κ1) is 17.3. The summed E-state index contributed by atoms with van der Waals surface area (Å²) in [5, 5.41) is 4.06. The predicted molar refractivity (Wildman–Crippen MR) is 96.5 cm³/mol. The van der Waals surface area contributed by atoms with Crippen LogP contribution in [0.2, 0.25) is 0 Å².